The van der Waals surface area contributed by atoms with Crippen LogP contribution >= 0.6 is 0 Å². The molecule has 0 bridgehead atoms. The Morgan fingerprint density at radius 2 is 1.77 bits per heavy atom. The Bertz CT molecular complexity index is 2040. The molecule has 0 spiro atoms. The topological polar surface area (TPSA) is 92.8 Å². The first kappa shape index (κ1) is 36.6. The van der Waals surface area contributed by atoms with Crippen LogP contribution in [-0.2, 0) is 16.6 Å². The van der Waals surface area contributed by atoms with E-state index in [1.54, 1.807) is 10.7 Å². The molecule has 1 unspecified atom stereocenters. The smallest absolute Gasteiger partial charge is 0.231 e. The van der Waals surface area contributed by atoms with Crippen LogP contribution in [0.25, 0.3) is 11.3 Å². The van der Waals surface area contributed by atoms with Crippen LogP contribution < -0.4 is 15.0 Å². The number of benzene rings is 2. The maximum atomic E-state index is 14.7. The molecule has 11 heteroatoms. The first-order valence-corrected chi connectivity index (χ1v) is 19.2. The number of pyridine rings is 1. The molecule has 1 aliphatic carbocycles. The van der Waals surface area contributed by atoms with E-state index >= 15 is 0 Å². The van der Waals surface area contributed by atoms with E-state index < -0.39 is 0 Å². The number of hydrogen-bond acceptors (Lipinski definition) is 7. The van der Waals surface area contributed by atoms with Crippen molar-refractivity contribution in [2.75, 3.05) is 43.9 Å². The summed E-state index contributed by atoms with van der Waals surface area (Å²) in [5, 5.41) is 16.9. The predicted molar refractivity (Wildman–Crippen MR) is 208 cm³/mol. The third kappa shape index (κ3) is 8.40. The molecule has 3 aromatic heterocycles. The molecule has 2 atom stereocenters. The minimum Gasteiger partial charge on any atom is -0.484 e. The largest absolute Gasteiger partial charge is 0.484 e. The number of ether oxygens (including phenoxy) is 1. The number of carbonyl (C=O) groups is 1. The molecule has 1 N–H and O–H groups in total. The molecule has 0 saturated carbocycles. The van der Waals surface area contributed by atoms with E-state index in [0.717, 1.165) is 74.0 Å². The van der Waals surface area contributed by atoms with Crippen molar-refractivity contribution in [2.24, 2.45) is 0 Å². The number of nitrogens with zero attached hydrogens (tertiary/aromatic N) is 7. The number of halogens is 1. The Morgan fingerprint density at radius 3 is 2.55 bits per heavy atom. The standard InChI is InChI=1S/C42H53FN8O2/c1-42(2,3)37-27-39(51(47-37)31-17-19-35(43)30(26-31)22-25-48(4)5)44-40(52)15-11-12-29-16-20-36(34-14-8-7-13-33(29)34)53-32-18-21-38-45-46-41(50(38)28-32)49-23-9-6-10-24-49/h7-8,13-14,17-19,21,26-29,36H,6,9-12,15-16,20,22-25H2,1-5H3,(H,44,52)/t29?,36-/m1/s1. The molecule has 280 valence electrons. The number of carbonyl (C=O) groups excluding carboxylic acids is 1. The van der Waals surface area contributed by atoms with E-state index in [-0.39, 0.29) is 23.2 Å². The van der Waals surface area contributed by atoms with Crippen molar-refractivity contribution < 1.29 is 13.9 Å². The number of rotatable bonds is 12. The van der Waals surface area contributed by atoms with E-state index in [1.165, 1.54) is 36.5 Å². The summed E-state index contributed by atoms with van der Waals surface area (Å²) in [5.74, 6) is 2.35. The highest BCUT2D eigenvalue weighted by Gasteiger charge is 2.29. The van der Waals surface area contributed by atoms with Gasteiger partial charge in [0.1, 0.15) is 23.5 Å². The van der Waals surface area contributed by atoms with E-state index in [9.17, 15) is 9.18 Å². The fourth-order valence-electron chi connectivity index (χ4n) is 7.64. The lowest BCUT2D eigenvalue weighted by molar-refractivity contribution is -0.116. The zero-order valence-corrected chi connectivity index (χ0v) is 31.8. The predicted octanol–water partition coefficient (Wildman–Crippen LogP) is 8.25. The zero-order chi connectivity index (χ0) is 37.1. The van der Waals surface area contributed by atoms with Gasteiger partial charge in [-0.05, 0) is 118 Å². The monoisotopic (exact) mass is 720 g/mol. The third-order valence-corrected chi connectivity index (χ3v) is 10.6. The number of anilines is 2. The van der Waals surface area contributed by atoms with Crippen LogP contribution in [-0.4, -0.2) is 68.9 Å². The van der Waals surface area contributed by atoms with Gasteiger partial charge in [-0.25, -0.2) is 9.07 Å². The number of amides is 1. The van der Waals surface area contributed by atoms with Gasteiger partial charge in [0, 0.05) is 37.5 Å². The van der Waals surface area contributed by atoms with Crippen molar-refractivity contribution in [3.63, 3.8) is 0 Å². The summed E-state index contributed by atoms with van der Waals surface area (Å²) in [6.45, 7) is 9.02. The van der Waals surface area contributed by atoms with E-state index in [0.29, 0.717) is 30.1 Å². The summed E-state index contributed by atoms with van der Waals surface area (Å²) in [7, 11) is 3.95. The minimum absolute atomic E-state index is 0.0507. The van der Waals surface area contributed by atoms with Gasteiger partial charge in [-0.3, -0.25) is 9.20 Å². The van der Waals surface area contributed by atoms with Crippen LogP contribution in [0.5, 0.6) is 5.75 Å². The van der Waals surface area contributed by atoms with Crippen molar-refractivity contribution >= 4 is 23.3 Å². The van der Waals surface area contributed by atoms with Crippen LogP contribution in [0.1, 0.15) is 107 Å². The summed E-state index contributed by atoms with van der Waals surface area (Å²) in [6, 6.07) is 19.6. The van der Waals surface area contributed by atoms with Gasteiger partial charge in [-0.1, -0.05) is 45.0 Å². The highest BCUT2D eigenvalue weighted by molar-refractivity contribution is 5.90. The number of nitrogens with one attached hydrogen (secondary N) is 1. The highest BCUT2D eigenvalue weighted by atomic mass is 19.1. The normalized spacial score (nSPS) is 17.7. The van der Waals surface area contributed by atoms with Crippen molar-refractivity contribution in [2.45, 2.75) is 96.0 Å². The Balaban J connectivity index is 1.00. The average Bonchev–Trinajstić information content (AvgIpc) is 3.77. The first-order chi connectivity index (χ1) is 25.5. The first-order valence-electron chi connectivity index (χ1n) is 19.2. The van der Waals surface area contributed by atoms with Crippen LogP contribution in [0, 0.1) is 5.82 Å². The van der Waals surface area contributed by atoms with E-state index in [2.05, 4.69) is 69.9 Å². The van der Waals surface area contributed by atoms with Crippen molar-refractivity contribution in [1.82, 2.24) is 29.3 Å². The minimum atomic E-state index is -0.234. The molecule has 1 saturated heterocycles. The second-order valence-electron chi connectivity index (χ2n) is 16.0. The second-order valence-corrected chi connectivity index (χ2v) is 16.0. The Kier molecular flexibility index (Phi) is 10.8. The van der Waals surface area contributed by atoms with Crippen molar-refractivity contribution in [3.05, 3.63) is 95.1 Å². The number of piperidine rings is 1. The molecule has 7 rings (SSSR count). The van der Waals surface area contributed by atoms with E-state index in [4.69, 9.17) is 9.84 Å². The SMILES string of the molecule is CN(C)CCc1cc(-n2nc(C(C)(C)C)cc2NC(=O)CCCC2CC[C@@H](Oc3ccc4nnc(N5CCCCC5)n4c3)c3ccccc32)ccc1F. The Labute approximate surface area is 312 Å². The molecular formula is C42H53FN8O2. The van der Waals surface area contributed by atoms with E-state index in [1.807, 2.05) is 49.5 Å². The number of likely N-dealkylation sites (N-methyl/N-ethyl adjacent to an activating group) is 1. The van der Waals surface area contributed by atoms with Gasteiger partial charge in [-0.15, -0.1) is 10.2 Å². The van der Waals surface area contributed by atoms with Crippen molar-refractivity contribution in [3.8, 4) is 11.4 Å². The van der Waals surface area contributed by atoms with Crippen LogP contribution in [0.3, 0.4) is 0 Å². The van der Waals surface area contributed by atoms with Gasteiger partial charge < -0.3 is 19.9 Å². The van der Waals surface area contributed by atoms with Crippen LogP contribution in [0.2, 0.25) is 0 Å². The van der Waals surface area contributed by atoms with Gasteiger partial charge in [0.25, 0.3) is 0 Å². The lowest BCUT2D eigenvalue weighted by Gasteiger charge is -2.32. The second kappa shape index (κ2) is 15.7. The number of aromatic nitrogens is 5. The molecule has 1 aliphatic heterocycles. The molecule has 1 fully saturated rings. The lowest BCUT2D eigenvalue weighted by Crippen LogP contribution is -2.31. The summed E-state index contributed by atoms with van der Waals surface area (Å²) >= 11 is 0. The Hall–Kier alpha value is -4.77. The number of hydrogen-bond donors (Lipinski definition) is 1. The summed E-state index contributed by atoms with van der Waals surface area (Å²) in [5.41, 5.74) is 5.32. The molecule has 2 aliphatic rings. The highest BCUT2D eigenvalue weighted by Crippen LogP contribution is 2.42. The van der Waals surface area contributed by atoms with Crippen molar-refractivity contribution in [1.29, 1.82) is 0 Å². The van der Waals surface area contributed by atoms with Gasteiger partial charge in [0.05, 0.1) is 17.6 Å². The third-order valence-electron chi connectivity index (χ3n) is 10.6. The van der Waals surface area contributed by atoms with Gasteiger partial charge in [-0.2, -0.15) is 5.10 Å². The maximum absolute atomic E-state index is 14.7. The van der Waals surface area contributed by atoms with Crippen LogP contribution in [0.15, 0.2) is 66.9 Å². The molecule has 4 heterocycles. The summed E-state index contributed by atoms with van der Waals surface area (Å²) < 4.78 is 25.2. The van der Waals surface area contributed by atoms with Gasteiger partial charge in [0.2, 0.25) is 11.9 Å². The molecule has 10 nitrogen and oxygen atoms in total. The average molecular weight is 721 g/mol. The van der Waals surface area contributed by atoms with Crippen LogP contribution in [0.4, 0.5) is 16.2 Å². The molecule has 53 heavy (non-hydrogen) atoms. The summed E-state index contributed by atoms with van der Waals surface area (Å²) in [4.78, 5) is 17.8. The van der Waals surface area contributed by atoms with Gasteiger partial charge >= 0.3 is 0 Å². The summed E-state index contributed by atoms with van der Waals surface area (Å²) in [6.07, 6.45) is 10.1. The lowest BCUT2D eigenvalue weighted by atomic mass is 9.79. The Morgan fingerprint density at radius 1 is 0.981 bits per heavy atom. The molecule has 0 radical (unpaired) electrons. The molecule has 5 aromatic rings. The van der Waals surface area contributed by atoms with Gasteiger partial charge in [0.15, 0.2) is 5.65 Å². The fraction of sp³-hybridized carbons (Fsp3) is 0.476. The fourth-order valence-corrected chi connectivity index (χ4v) is 7.64. The zero-order valence-electron chi connectivity index (χ0n) is 31.8. The quantitative estimate of drug-likeness (QED) is 0.139. The molecular weight excluding hydrogens is 668 g/mol. The maximum Gasteiger partial charge on any atom is 0.231 e. The number of fused-ring (bicyclic) bond motifs is 2. The molecule has 2 aromatic carbocycles. The molecule has 1 amide bonds.